The minimum atomic E-state index is 0.443. The lowest BCUT2D eigenvalue weighted by molar-refractivity contribution is -0.456. The van der Waals surface area contributed by atoms with Gasteiger partial charge in [-0.1, -0.05) is 110 Å². The lowest BCUT2D eigenvalue weighted by Gasteiger charge is -2.29. The van der Waals surface area contributed by atoms with Gasteiger partial charge in [-0.2, -0.15) is 4.90 Å². The number of nitrogens with zero attached hydrogens (tertiary/aromatic N) is 2. The van der Waals surface area contributed by atoms with Crippen molar-refractivity contribution in [2.75, 3.05) is 4.90 Å². The van der Waals surface area contributed by atoms with Crippen molar-refractivity contribution in [2.45, 2.75) is 85.6 Å². The maximum absolute atomic E-state index is 2.51. The highest BCUT2D eigenvalue weighted by atomic mass is 15.2. The molecule has 2 heteroatoms. The summed E-state index contributed by atoms with van der Waals surface area (Å²) in [7, 11) is 0. The van der Waals surface area contributed by atoms with E-state index in [0.717, 1.165) is 6.54 Å². The first-order valence-corrected chi connectivity index (χ1v) is 12.9. The van der Waals surface area contributed by atoms with Crippen molar-refractivity contribution < 1.29 is 4.58 Å². The molecule has 0 radical (unpaired) electrons. The summed E-state index contributed by atoms with van der Waals surface area (Å²) < 4.78 is 2.51. The zero-order valence-corrected chi connectivity index (χ0v) is 22.3. The summed E-state index contributed by atoms with van der Waals surface area (Å²) in [6.45, 7) is 19.4. The number of anilines is 2. The predicted molar refractivity (Wildman–Crippen MR) is 148 cm³/mol. The lowest BCUT2D eigenvalue weighted by atomic mass is 9.90. The maximum Gasteiger partial charge on any atom is 0.250 e. The van der Waals surface area contributed by atoms with Crippen molar-refractivity contribution in [3.8, 4) is 0 Å². The van der Waals surface area contributed by atoms with Gasteiger partial charge in [0.15, 0.2) is 0 Å². The molecule has 3 aromatic rings. The molecule has 0 aliphatic carbocycles. The fraction of sp³-hybridized carbons (Fsp3) is 0.406. The van der Waals surface area contributed by atoms with Gasteiger partial charge >= 0.3 is 0 Å². The van der Waals surface area contributed by atoms with E-state index in [-0.39, 0.29) is 0 Å². The molecule has 0 unspecified atom stereocenters. The Morgan fingerprint density at radius 1 is 0.588 bits per heavy atom. The van der Waals surface area contributed by atoms with Crippen molar-refractivity contribution in [3.63, 3.8) is 0 Å². The largest absolute Gasteiger partial charge is 0.250 e. The second-order valence-corrected chi connectivity index (χ2v) is 10.9. The molecular weight excluding hydrogens is 412 g/mol. The Morgan fingerprint density at radius 3 is 1.56 bits per heavy atom. The molecule has 0 saturated heterocycles. The molecule has 0 N–H and O–H groups in total. The highest BCUT2D eigenvalue weighted by Gasteiger charge is 2.33. The zero-order chi connectivity index (χ0) is 24.6. The van der Waals surface area contributed by atoms with Gasteiger partial charge in [0.2, 0.25) is 6.34 Å². The van der Waals surface area contributed by atoms with Crippen molar-refractivity contribution in [3.05, 3.63) is 88.5 Å². The van der Waals surface area contributed by atoms with E-state index in [0.29, 0.717) is 23.7 Å². The number of hydrogen-bond donors (Lipinski definition) is 0. The molecule has 1 heterocycles. The zero-order valence-electron chi connectivity index (χ0n) is 22.3. The van der Waals surface area contributed by atoms with Crippen molar-refractivity contribution in [1.29, 1.82) is 0 Å². The summed E-state index contributed by atoms with van der Waals surface area (Å²) in [5.74, 6) is 1.81. The summed E-state index contributed by atoms with van der Waals surface area (Å²) in [5, 5.41) is 0. The highest BCUT2D eigenvalue weighted by Crippen LogP contribution is 2.43. The van der Waals surface area contributed by atoms with Crippen LogP contribution >= 0.6 is 0 Å². The van der Waals surface area contributed by atoms with Gasteiger partial charge in [0, 0.05) is 27.8 Å². The van der Waals surface area contributed by atoms with Crippen LogP contribution < -0.4 is 4.90 Å². The van der Waals surface area contributed by atoms with Crippen LogP contribution in [0.5, 0.6) is 0 Å². The molecule has 0 bridgehead atoms. The molecule has 0 fully saturated rings. The van der Waals surface area contributed by atoms with Crippen molar-refractivity contribution in [2.24, 2.45) is 0 Å². The molecule has 0 amide bonds. The smallest absolute Gasteiger partial charge is 0.228 e. The van der Waals surface area contributed by atoms with E-state index < -0.39 is 0 Å². The highest BCUT2D eigenvalue weighted by molar-refractivity contribution is 5.92. The van der Waals surface area contributed by atoms with Gasteiger partial charge in [0.25, 0.3) is 0 Å². The summed E-state index contributed by atoms with van der Waals surface area (Å²) in [6, 6.07) is 22.6. The van der Waals surface area contributed by atoms with E-state index in [2.05, 4.69) is 132 Å². The molecule has 0 spiro atoms. The number of para-hydroxylation sites is 3. The van der Waals surface area contributed by atoms with Crippen LogP contribution in [0.1, 0.15) is 107 Å². The monoisotopic (exact) mass is 453 g/mol. The molecular formula is C32H41N2+. The van der Waals surface area contributed by atoms with E-state index in [1.807, 2.05) is 0 Å². The quantitative estimate of drug-likeness (QED) is 0.337. The molecule has 4 rings (SSSR count). The summed E-state index contributed by atoms with van der Waals surface area (Å²) in [5.41, 5.74) is 11.0. The Kier molecular flexibility index (Phi) is 6.98. The van der Waals surface area contributed by atoms with E-state index in [1.165, 1.54) is 44.9 Å². The first-order valence-electron chi connectivity index (χ1n) is 12.9. The molecule has 0 aromatic heterocycles. The van der Waals surface area contributed by atoms with Crippen LogP contribution in [0.4, 0.5) is 17.1 Å². The SMILES string of the molecule is CC(C)c1cccc(C(C)C)c1N1C=[N+](c2c(C(C)C)cccc2C(C)C)Cc2ccccc21. The molecule has 1 aliphatic heterocycles. The van der Waals surface area contributed by atoms with Gasteiger partial charge in [-0.15, -0.1) is 0 Å². The standard InChI is InChI=1S/C32H41N2/c1-21(2)26-14-11-15-27(22(3)4)31(26)33-19-25-13-9-10-18-30(25)34(20-33)32-28(23(5)6)16-12-17-29(32)24(7)8/h9-18,20-24H,19H2,1-8H3/q+1. The lowest BCUT2D eigenvalue weighted by Crippen LogP contribution is -2.31. The van der Waals surface area contributed by atoms with Crippen molar-refractivity contribution >= 4 is 23.4 Å². The molecule has 3 aromatic carbocycles. The van der Waals surface area contributed by atoms with Crippen molar-refractivity contribution in [1.82, 2.24) is 0 Å². The van der Waals surface area contributed by atoms with Gasteiger partial charge in [-0.25, -0.2) is 4.58 Å². The third-order valence-corrected chi connectivity index (χ3v) is 7.06. The molecule has 1 aliphatic rings. The number of benzene rings is 3. The molecule has 34 heavy (non-hydrogen) atoms. The van der Waals surface area contributed by atoms with Crippen LogP contribution in [0.15, 0.2) is 60.7 Å². The van der Waals surface area contributed by atoms with Crippen LogP contribution in [-0.4, -0.2) is 10.9 Å². The first kappa shape index (κ1) is 24.3. The van der Waals surface area contributed by atoms with E-state index in [4.69, 9.17) is 0 Å². The Balaban J connectivity index is 2.04. The van der Waals surface area contributed by atoms with E-state index in [9.17, 15) is 0 Å². The van der Waals surface area contributed by atoms with Gasteiger partial charge in [-0.3, -0.25) is 0 Å². The predicted octanol–water partition coefficient (Wildman–Crippen LogP) is 9.20. The molecule has 0 atom stereocenters. The van der Waals surface area contributed by atoms with Crippen LogP contribution in [0.2, 0.25) is 0 Å². The van der Waals surface area contributed by atoms with Crippen LogP contribution in [0.3, 0.4) is 0 Å². The normalized spacial score (nSPS) is 13.8. The fourth-order valence-electron chi connectivity index (χ4n) is 5.25. The van der Waals surface area contributed by atoms with Crippen LogP contribution in [0.25, 0.3) is 0 Å². The molecule has 2 nitrogen and oxygen atoms in total. The Bertz CT molecular complexity index is 1140. The minimum Gasteiger partial charge on any atom is -0.228 e. The summed E-state index contributed by atoms with van der Waals surface area (Å²) in [6.07, 6.45) is 2.38. The minimum absolute atomic E-state index is 0.443. The van der Waals surface area contributed by atoms with E-state index in [1.54, 1.807) is 0 Å². The number of fused-ring (bicyclic) bond motifs is 1. The third-order valence-electron chi connectivity index (χ3n) is 7.06. The van der Waals surface area contributed by atoms with Crippen LogP contribution in [0, 0.1) is 0 Å². The number of hydrogen-bond acceptors (Lipinski definition) is 1. The van der Waals surface area contributed by atoms with E-state index >= 15 is 0 Å². The first-order chi connectivity index (χ1) is 16.2. The van der Waals surface area contributed by atoms with Gasteiger partial charge in [0.05, 0.1) is 0 Å². The average molecular weight is 454 g/mol. The second kappa shape index (κ2) is 9.78. The summed E-state index contributed by atoms with van der Waals surface area (Å²) in [4.78, 5) is 2.48. The fourth-order valence-corrected chi connectivity index (χ4v) is 5.25. The second-order valence-electron chi connectivity index (χ2n) is 10.9. The molecule has 0 saturated carbocycles. The van der Waals surface area contributed by atoms with Gasteiger partial charge in [-0.05, 0) is 29.7 Å². The van der Waals surface area contributed by atoms with Crippen LogP contribution in [-0.2, 0) is 6.54 Å². The maximum atomic E-state index is 2.51. The summed E-state index contributed by atoms with van der Waals surface area (Å²) >= 11 is 0. The average Bonchev–Trinajstić information content (AvgIpc) is 2.82. The number of rotatable bonds is 6. The topological polar surface area (TPSA) is 6.25 Å². The van der Waals surface area contributed by atoms with Gasteiger partial charge in [0.1, 0.15) is 23.6 Å². The Hall–Kier alpha value is -2.87. The molecule has 178 valence electrons. The Morgan fingerprint density at radius 2 is 1.06 bits per heavy atom. The third kappa shape index (κ3) is 4.43. The van der Waals surface area contributed by atoms with Gasteiger partial charge < -0.3 is 0 Å². The Labute approximate surface area is 207 Å².